The Hall–Kier alpha value is -2.36. The molecule has 2 aromatic rings. The van der Waals surface area contributed by atoms with Crippen LogP contribution in [0.4, 0.5) is 10.1 Å². The molecule has 2 N–H and O–H groups in total. The molecule has 0 amide bonds. The second kappa shape index (κ2) is 6.19. The van der Waals surface area contributed by atoms with Crippen molar-refractivity contribution in [2.75, 3.05) is 5.32 Å². The molecule has 0 saturated carbocycles. The molecular formula is C16H16FNO2. The molecule has 3 nitrogen and oxygen atoms in total. The van der Waals surface area contributed by atoms with Crippen molar-refractivity contribution in [3.05, 3.63) is 65.5 Å². The number of carboxylic acids is 1. The van der Waals surface area contributed by atoms with Gasteiger partial charge in [0, 0.05) is 5.69 Å². The van der Waals surface area contributed by atoms with Crippen LogP contribution in [0.2, 0.25) is 0 Å². The minimum absolute atomic E-state index is 0.0604. The van der Waals surface area contributed by atoms with Crippen LogP contribution in [0.3, 0.4) is 0 Å². The number of anilines is 1. The molecule has 1 unspecified atom stereocenters. The number of benzene rings is 2. The van der Waals surface area contributed by atoms with Gasteiger partial charge >= 0.3 is 5.97 Å². The maximum Gasteiger partial charge on any atom is 0.335 e. The van der Waals surface area contributed by atoms with Gasteiger partial charge in [-0.15, -0.1) is 0 Å². The Morgan fingerprint density at radius 1 is 1.25 bits per heavy atom. The van der Waals surface area contributed by atoms with Crippen LogP contribution in [0.15, 0.2) is 48.5 Å². The molecule has 104 valence electrons. The monoisotopic (exact) mass is 273 g/mol. The van der Waals surface area contributed by atoms with Crippen molar-refractivity contribution in [2.24, 2.45) is 0 Å². The summed E-state index contributed by atoms with van der Waals surface area (Å²) >= 11 is 0. The second-order valence-electron chi connectivity index (χ2n) is 4.55. The molecule has 0 saturated heterocycles. The van der Waals surface area contributed by atoms with E-state index in [1.165, 1.54) is 18.2 Å². The van der Waals surface area contributed by atoms with E-state index in [1.807, 2.05) is 13.0 Å². The van der Waals surface area contributed by atoms with Gasteiger partial charge in [0.2, 0.25) is 0 Å². The number of hydrogen-bond donors (Lipinski definition) is 2. The molecule has 0 spiro atoms. The van der Waals surface area contributed by atoms with Crippen LogP contribution >= 0.6 is 0 Å². The molecule has 0 aliphatic carbocycles. The van der Waals surface area contributed by atoms with Gasteiger partial charge in [0.25, 0.3) is 0 Å². The number of halogens is 1. The van der Waals surface area contributed by atoms with Crippen molar-refractivity contribution in [3.63, 3.8) is 0 Å². The van der Waals surface area contributed by atoms with Crippen molar-refractivity contribution in [3.8, 4) is 0 Å². The number of aromatic carboxylic acids is 1. The van der Waals surface area contributed by atoms with E-state index in [2.05, 4.69) is 5.32 Å². The molecule has 0 fully saturated rings. The molecule has 0 radical (unpaired) electrons. The predicted octanol–water partition coefficient (Wildman–Crippen LogP) is 4.09. The lowest BCUT2D eigenvalue weighted by Gasteiger charge is -2.19. The van der Waals surface area contributed by atoms with Crippen molar-refractivity contribution in [1.82, 2.24) is 0 Å². The first-order valence-electron chi connectivity index (χ1n) is 6.45. The predicted molar refractivity (Wildman–Crippen MR) is 76.5 cm³/mol. The summed E-state index contributed by atoms with van der Waals surface area (Å²) in [4.78, 5) is 10.9. The topological polar surface area (TPSA) is 49.3 Å². The second-order valence-corrected chi connectivity index (χ2v) is 4.55. The molecular weight excluding hydrogens is 257 g/mol. The van der Waals surface area contributed by atoms with Gasteiger partial charge in [-0.3, -0.25) is 0 Å². The third kappa shape index (κ3) is 3.35. The Morgan fingerprint density at radius 3 is 2.65 bits per heavy atom. The average Bonchev–Trinajstić information content (AvgIpc) is 2.45. The van der Waals surface area contributed by atoms with Gasteiger partial charge in [-0.1, -0.05) is 25.1 Å². The molecule has 1 atom stereocenters. The standard InChI is InChI=1S/C16H16FNO2/c1-2-15(11-5-3-7-13(17)9-11)18-14-8-4-6-12(10-14)16(19)20/h3-10,15,18H,2H2,1H3,(H,19,20). The van der Waals surface area contributed by atoms with Crippen LogP contribution in [0.25, 0.3) is 0 Å². The number of nitrogens with one attached hydrogen (secondary N) is 1. The summed E-state index contributed by atoms with van der Waals surface area (Å²) in [6.45, 7) is 1.99. The summed E-state index contributed by atoms with van der Waals surface area (Å²) in [6.07, 6.45) is 0.765. The Labute approximate surface area is 117 Å². The zero-order valence-corrected chi connectivity index (χ0v) is 11.1. The molecule has 2 aromatic carbocycles. The van der Waals surface area contributed by atoms with Crippen molar-refractivity contribution < 1.29 is 14.3 Å². The maximum absolute atomic E-state index is 13.3. The largest absolute Gasteiger partial charge is 0.478 e. The SMILES string of the molecule is CCC(Nc1cccc(C(=O)O)c1)c1cccc(F)c1. The summed E-state index contributed by atoms with van der Waals surface area (Å²) in [6, 6.07) is 13.0. The van der Waals surface area contributed by atoms with E-state index in [4.69, 9.17) is 5.11 Å². The smallest absolute Gasteiger partial charge is 0.335 e. The first-order valence-corrected chi connectivity index (χ1v) is 6.45. The number of carboxylic acid groups (broad SMARTS) is 1. The highest BCUT2D eigenvalue weighted by molar-refractivity contribution is 5.88. The number of hydrogen-bond acceptors (Lipinski definition) is 2. The first kappa shape index (κ1) is 14.1. The Bertz CT molecular complexity index is 613. The third-order valence-electron chi connectivity index (χ3n) is 3.11. The highest BCUT2D eigenvalue weighted by atomic mass is 19.1. The summed E-state index contributed by atoms with van der Waals surface area (Å²) < 4.78 is 13.3. The van der Waals surface area contributed by atoms with Crippen LogP contribution < -0.4 is 5.32 Å². The molecule has 0 heterocycles. The minimum Gasteiger partial charge on any atom is -0.478 e. The van der Waals surface area contributed by atoms with Gasteiger partial charge in [-0.05, 0) is 42.3 Å². The van der Waals surface area contributed by atoms with Crippen LogP contribution in [0.1, 0.15) is 35.3 Å². The Kier molecular flexibility index (Phi) is 4.35. The minimum atomic E-state index is -0.965. The van der Waals surface area contributed by atoms with Crippen LogP contribution in [0, 0.1) is 5.82 Å². The van der Waals surface area contributed by atoms with Gasteiger partial charge in [-0.2, -0.15) is 0 Å². The van der Waals surface area contributed by atoms with Crippen LogP contribution in [-0.2, 0) is 0 Å². The lowest BCUT2D eigenvalue weighted by molar-refractivity contribution is 0.0697. The highest BCUT2D eigenvalue weighted by Crippen LogP contribution is 2.23. The van der Waals surface area contributed by atoms with Crippen LogP contribution in [-0.4, -0.2) is 11.1 Å². The van der Waals surface area contributed by atoms with E-state index in [1.54, 1.807) is 24.3 Å². The van der Waals surface area contributed by atoms with Gasteiger partial charge in [0.15, 0.2) is 0 Å². The molecule has 20 heavy (non-hydrogen) atoms. The lowest BCUT2D eigenvalue weighted by Crippen LogP contribution is -2.10. The zero-order chi connectivity index (χ0) is 14.5. The van der Waals surface area contributed by atoms with Gasteiger partial charge in [0.05, 0.1) is 11.6 Å². The Morgan fingerprint density at radius 2 is 2.00 bits per heavy atom. The van der Waals surface area contributed by atoms with E-state index in [9.17, 15) is 9.18 Å². The number of carbonyl (C=O) groups is 1. The zero-order valence-electron chi connectivity index (χ0n) is 11.1. The molecule has 0 bridgehead atoms. The molecule has 2 rings (SSSR count). The van der Waals surface area contributed by atoms with Crippen LogP contribution in [0.5, 0.6) is 0 Å². The summed E-state index contributed by atoms with van der Waals surface area (Å²) in [5, 5.41) is 12.2. The summed E-state index contributed by atoms with van der Waals surface area (Å²) in [5.74, 6) is -1.24. The fraction of sp³-hybridized carbons (Fsp3) is 0.188. The number of rotatable bonds is 5. The normalized spacial score (nSPS) is 11.9. The fourth-order valence-electron chi connectivity index (χ4n) is 2.09. The van der Waals surface area contributed by atoms with Crippen molar-refractivity contribution in [2.45, 2.75) is 19.4 Å². The van der Waals surface area contributed by atoms with Gasteiger partial charge < -0.3 is 10.4 Å². The summed E-state index contributed by atoms with van der Waals surface area (Å²) in [7, 11) is 0. The van der Waals surface area contributed by atoms with E-state index in [0.29, 0.717) is 5.69 Å². The molecule has 0 aromatic heterocycles. The van der Waals surface area contributed by atoms with E-state index in [-0.39, 0.29) is 17.4 Å². The van der Waals surface area contributed by atoms with Crippen molar-refractivity contribution >= 4 is 11.7 Å². The highest BCUT2D eigenvalue weighted by Gasteiger charge is 2.11. The van der Waals surface area contributed by atoms with Gasteiger partial charge in [0.1, 0.15) is 5.82 Å². The molecule has 0 aliphatic rings. The summed E-state index contributed by atoms with van der Waals surface area (Å²) in [5.41, 5.74) is 1.78. The van der Waals surface area contributed by atoms with Gasteiger partial charge in [-0.25, -0.2) is 9.18 Å². The molecule has 0 aliphatic heterocycles. The van der Waals surface area contributed by atoms with E-state index < -0.39 is 5.97 Å². The third-order valence-corrected chi connectivity index (χ3v) is 3.11. The van der Waals surface area contributed by atoms with Crippen molar-refractivity contribution in [1.29, 1.82) is 0 Å². The van der Waals surface area contributed by atoms with E-state index >= 15 is 0 Å². The first-order chi connectivity index (χ1) is 9.60. The maximum atomic E-state index is 13.3. The lowest BCUT2D eigenvalue weighted by atomic mass is 10.0. The molecule has 4 heteroatoms. The quantitative estimate of drug-likeness (QED) is 0.862. The average molecular weight is 273 g/mol. The Balaban J connectivity index is 2.22. The fourth-order valence-corrected chi connectivity index (χ4v) is 2.09. The van der Waals surface area contributed by atoms with E-state index in [0.717, 1.165) is 12.0 Å².